The van der Waals surface area contributed by atoms with E-state index in [9.17, 15) is 13.6 Å². The van der Waals surface area contributed by atoms with Gasteiger partial charge in [0.1, 0.15) is 5.75 Å². The van der Waals surface area contributed by atoms with Crippen molar-refractivity contribution < 1.29 is 18.3 Å². The zero-order valence-electron chi connectivity index (χ0n) is 10.1. The Balaban J connectivity index is 2.48. The van der Waals surface area contributed by atoms with Crippen molar-refractivity contribution in [3.05, 3.63) is 42.0 Å². The second kappa shape index (κ2) is 6.74. The number of rotatable bonds is 6. The van der Waals surface area contributed by atoms with E-state index < -0.39 is 6.61 Å². The van der Waals surface area contributed by atoms with Crippen molar-refractivity contribution in [3.8, 4) is 5.75 Å². The molecule has 0 aliphatic carbocycles. The molecule has 0 saturated carbocycles. The zero-order valence-corrected chi connectivity index (χ0v) is 10.1. The Morgan fingerprint density at radius 2 is 2.00 bits per heavy atom. The topological polar surface area (TPSA) is 38.3 Å². The quantitative estimate of drug-likeness (QED) is 0.793. The molecule has 0 unspecified atom stereocenters. The van der Waals surface area contributed by atoms with Gasteiger partial charge in [-0.3, -0.25) is 4.79 Å². The van der Waals surface area contributed by atoms with Crippen LogP contribution in [0, 0.1) is 0 Å². The van der Waals surface area contributed by atoms with Gasteiger partial charge in [-0.2, -0.15) is 8.78 Å². The van der Waals surface area contributed by atoms with Gasteiger partial charge in [-0.1, -0.05) is 24.3 Å². The highest BCUT2D eigenvalue weighted by Gasteiger charge is 2.06. The van der Waals surface area contributed by atoms with Crippen LogP contribution in [0.15, 0.2) is 36.4 Å². The first-order valence-electron chi connectivity index (χ1n) is 5.42. The fourth-order valence-electron chi connectivity index (χ4n) is 1.29. The summed E-state index contributed by atoms with van der Waals surface area (Å²) in [4.78, 5) is 11.5. The number of hydrogen-bond acceptors (Lipinski definition) is 2. The van der Waals surface area contributed by atoms with Crippen LogP contribution < -0.4 is 10.1 Å². The van der Waals surface area contributed by atoms with Crippen LogP contribution in [0.5, 0.6) is 5.75 Å². The number of alkyl halides is 2. The van der Waals surface area contributed by atoms with Crippen LogP contribution >= 0.6 is 0 Å². The van der Waals surface area contributed by atoms with Crippen LogP contribution in [0.4, 0.5) is 8.78 Å². The van der Waals surface area contributed by atoms with Crippen molar-refractivity contribution in [3.63, 3.8) is 0 Å². The summed E-state index contributed by atoms with van der Waals surface area (Å²) < 4.78 is 28.0. The predicted octanol–water partition coefficient (Wildman–Crippen LogP) is 2.52. The third-order valence-corrected chi connectivity index (χ3v) is 2.10. The highest BCUT2D eigenvalue weighted by molar-refractivity contribution is 5.78. The number of amides is 1. The van der Waals surface area contributed by atoms with E-state index in [4.69, 9.17) is 0 Å². The van der Waals surface area contributed by atoms with E-state index in [-0.39, 0.29) is 18.1 Å². The maximum atomic E-state index is 11.9. The summed E-state index contributed by atoms with van der Waals surface area (Å²) in [6.07, 6.45) is 0.197. The maximum absolute atomic E-state index is 11.9. The Labute approximate surface area is 104 Å². The van der Waals surface area contributed by atoms with E-state index in [1.807, 2.05) is 6.92 Å². The Kier molecular flexibility index (Phi) is 5.30. The minimum atomic E-state index is -2.84. The fraction of sp³-hybridized carbons (Fsp3) is 0.308. The average Bonchev–Trinajstić information content (AvgIpc) is 2.28. The van der Waals surface area contributed by atoms with Gasteiger partial charge in [-0.15, -0.1) is 0 Å². The number of benzene rings is 1. The molecule has 5 heteroatoms. The molecule has 1 aromatic rings. The second-order valence-corrected chi connectivity index (χ2v) is 3.93. The van der Waals surface area contributed by atoms with E-state index in [1.165, 1.54) is 12.1 Å². The van der Waals surface area contributed by atoms with Gasteiger partial charge in [0, 0.05) is 6.54 Å². The lowest BCUT2D eigenvalue weighted by molar-refractivity contribution is -0.120. The first kappa shape index (κ1) is 14.2. The Bertz CT molecular complexity index is 416. The third-order valence-electron chi connectivity index (χ3n) is 2.10. The summed E-state index contributed by atoms with van der Waals surface area (Å²) in [5.74, 6) is -0.0587. The van der Waals surface area contributed by atoms with Crippen LogP contribution in [-0.4, -0.2) is 19.1 Å². The van der Waals surface area contributed by atoms with Gasteiger partial charge in [-0.25, -0.2) is 0 Å². The summed E-state index contributed by atoms with van der Waals surface area (Å²) >= 11 is 0. The van der Waals surface area contributed by atoms with Gasteiger partial charge in [0.25, 0.3) is 0 Å². The van der Waals surface area contributed by atoms with Crippen molar-refractivity contribution in [1.29, 1.82) is 0 Å². The molecule has 1 rings (SSSR count). The molecule has 0 aliphatic rings. The number of hydrogen-bond donors (Lipinski definition) is 1. The Hall–Kier alpha value is -1.91. The largest absolute Gasteiger partial charge is 0.435 e. The summed E-state index contributed by atoms with van der Waals surface area (Å²) in [7, 11) is 0. The molecule has 0 saturated heterocycles. The first-order chi connectivity index (χ1) is 8.47. The Morgan fingerprint density at radius 3 is 2.50 bits per heavy atom. The molecule has 98 valence electrons. The van der Waals surface area contributed by atoms with Gasteiger partial charge in [0.05, 0.1) is 6.42 Å². The smallest absolute Gasteiger partial charge is 0.387 e. The minimum absolute atomic E-state index is 0.0797. The molecule has 1 N–H and O–H groups in total. The number of nitrogens with one attached hydrogen (secondary N) is 1. The van der Waals surface area contributed by atoms with Crippen LogP contribution in [-0.2, 0) is 11.2 Å². The van der Waals surface area contributed by atoms with Gasteiger partial charge >= 0.3 is 6.61 Å². The number of carbonyl (C=O) groups excluding carboxylic acids is 1. The van der Waals surface area contributed by atoms with Crippen LogP contribution in [0.1, 0.15) is 12.5 Å². The maximum Gasteiger partial charge on any atom is 0.387 e. The van der Waals surface area contributed by atoms with Crippen molar-refractivity contribution in [1.82, 2.24) is 5.32 Å². The van der Waals surface area contributed by atoms with E-state index in [2.05, 4.69) is 16.6 Å². The average molecular weight is 255 g/mol. The van der Waals surface area contributed by atoms with Crippen molar-refractivity contribution >= 4 is 5.91 Å². The second-order valence-electron chi connectivity index (χ2n) is 3.93. The predicted molar refractivity (Wildman–Crippen MR) is 64.6 cm³/mol. The molecule has 0 aliphatic heterocycles. The molecule has 1 aromatic carbocycles. The number of ether oxygens (including phenoxy) is 1. The highest BCUT2D eigenvalue weighted by Crippen LogP contribution is 2.15. The van der Waals surface area contributed by atoms with Crippen LogP contribution in [0.2, 0.25) is 0 Å². The number of carbonyl (C=O) groups is 1. The van der Waals surface area contributed by atoms with E-state index in [1.54, 1.807) is 12.1 Å². The molecule has 0 heterocycles. The SMILES string of the molecule is C=C(C)CNC(=O)Cc1ccc(OC(F)F)cc1. The molecule has 18 heavy (non-hydrogen) atoms. The molecule has 0 aromatic heterocycles. The van der Waals surface area contributed by atoms with E-state index >= 15 is 0 Å². The molecule has 0 fully saturated rings. The van der Waals surface area contributed by atoms with E-state index in [0.717, 1.165) is 11.1 Å². The van der Waals surface area contributed by atoms with Gasteiger partial charge in [0.15, 0.2) is 0 Å². The van der Waals surface area contributed by atoms with Crippen molar-refractivity contribution in [2.24, 2.45) is 0 Å². The highest BCUT2D eigenvalue weighted by atomic mass is 19.3. The van der Waals surface area contributed by atoms with Crippen molar-refractivity contribution in [2.45, 2.75) is 20.0 Å². The molecule has 3 nitrogen and oxygen atoms in total. The Morgan fingerprint density at radius 1 is 1.39 bits per heavy atom. The molecular formula is C13H15F2NO2. The van der Waals surface area contributed by atoms with Crippen molar-refractivity contribution in [2.75, 3.05) is 6.54 Å². The van der Waals surface area contributed by atoms with Crippen LogP contribution in [0.3, 0.4) is 0 Å². The normalized spacial score (nSPS) is 10.2. The van der Waals surface area contributed by atoms with Gasteiger partial charge in [-0.05, 0) is 24.6 Å². The zero-order chi connectivity index (χ0) is 13.5. The van der Waals surface area contributed by atoms with Gasteiger partial charge in [0.2, 0.25) is 5.91 Å². The summed E-state index contributed by atoms with van der Waals surface area (Å²) in [5, 5.41) is 2.69. The minimum Gasteiger partial charge on any atom is -0.435 e. The standard InChI is InChI=1S/C13H15F2NO2/c1-9(2)8-16-12(17)7-10-3-5-11(6-4-10)18-13(14)15/h3-6,13H,1,7-8H2,2H3,(H,16,17). The van der Waals surface area contributed by atoms with E-state index in [0.29, 0.717) is 6.54 Å². The lowest BCUT2D eigenvalue weighted by atomic mass is 10.1. The molecule has 0 atom stereocenters. The monoisotopic (exact) mass is 255 g/mol. The summed E-state index contributed by atoms with van der Waals surface area (Å²) in [6, 6.07) is 5.98. The molecule has 0 spiro atoms. The lowest BCUT2D eigenvalue weighted by Crippen LogP contribution is -2.26. The summed E-state index contributed by atoms with van der Waals surface area (Å²) in [6.45, 7) is 3.08. The van der Waals surface area contributed by atoms with Crippen LogP contribution in [0.25, 0.3) is 0 Å². The number of halogens is 2. The van der Waals surface area contributed by atoms with Gasteiger partial charge < -0.3 is 10.1 Å². The fourth-order valence-corrected chi connectivity index (χ4v) is 1.29. The third kappa shape index (κ3) is 5.43. The molecular weight excluding hydrogens is 240 g/mol. The first-order valence-corrected chi connectivity index (χ1v) is 5.42. The molecule has 1 amide bonds. The molecule has 0 bridgehead atoms. The lowest BCUT2D eigenvalue weighted by Gasteiger charge is -2.07. The summed E-state index contributed by atoms with van der Waals surface area (Å²) in [5.41, 5.74) is 1.60. The molecule has 0 radical (unpaired) electrons.